The highest BCUT2D eigenvalue weighted by Crippen LogP contribution is 2.33. The third-order valence-corrected chi connectivity index (χ3v) is 5.35. The zero-order chi connectivity index (χ0) is 20.0. The van der Waals surface area contributed by atoms with E-state index in [-0.39, 0.29) is 22.9 Å². The van der Waals surface area contributed by atoms with Crippen molar-refractivity contribution < 1.29 is 9.18 Å². The highest BCUT2D eigenvalue weighted by Gasteiger charge is 2.31. The van der Waals surface area contributed by atoms with Crippen molar-refractivity contribution in [3.05, 3.63) is 69.8 Å². The number of nitrogens with one attached hydrogen (secondary N) is 2. The Hall–Kier alpha value is -3.15. The van der Waals surface area contributed by atoms with E-state index in [1.807, 2.05) is 24.3 Å². The molecule has 0 spiro atoms. The van der Waals surface area contributed by atoms with Crippen LogP contribution in [0.3, 0.4) is 0 Å². The van der Waals surface area contributed by atoms with Gasteiger partial charge in [-0.25, -0.2) is 4.39 Å². The largest absolute Gasteiger partial charge is 0.379 e. The highest BCUT2D eigenvalue weighted by atomic mass is 19.1. The zero-order valence-electron chi connectivity index (χ0n) is 16.0. The number of aryl methyl sites for hydroxylation is 1. The summed E-state index contributed by atoms with van der Waals surface area (Å²) in [6, 6.07) is 10.2. The molecule has 2 heterocycles. The maximum atomic E-state index is 13.8. The van der Waals surface area contributed by atoms with Crippen LogP contribution in [0.4, 0.5) is 15.8 Å². The van der Waals surface area contributed by atoms with Crippen LogP contribution in [0.5, 0.6) is 0 Å². The van der Waals surface area contributed by atoms with Gasteiger partial charge in [-0.2, -0.15) is 0 Å². The number of carbonyl (C=O) groups is 1. The second-order valence-corrected chi connectivity index (χ2v) is 7.60. The molecule has 1 aliphatic rings. The number of aromatic nitrogens is 1. The van der Waals surface area contributed by atoms with Crippen LogP contribution in [0.2, 0.25) is 0 Å². The molecule has 1 aromatic heterocycles. The van der Waals surface area contributed by atoms with E-state index < -0.39 is 11.2 Å². The molecule has 0 radical (unpaired) electrons. The lowest BCUT2D eigenvalue weighted by Gasteiger charge is -2.37. The normalized spacial score (nSPS) is 16.2. The van der Waals surface area contributed by atoms with Crippen molar-refractivity contribution >= 4 is 28.2 Å². The number of halogens is 1. The van der Waals surface area contributed by atoms with Gasteiger partial charge in [0.05, 0.1) is 16.9 Å². The third-order valence-electron chi connectivity index (χ3n) is 5.35. The minimum absolute atomic E-state index is 0.0108. The standard InChI is InChI=1S/C22H22FN3O2/c1-12(2)18-11-26(19-7-5-4-6-17(19)25-18)22(28)16-10-24-20-13(3)8-14(23)9-15(20)21(16)27/h4-10,12,18,25H,11H2,1-3H3,(H,24,27)/t18-/m0/s1. The Morgan fingerprint density at radius 1 is 1.25 bits per heavy atom. The Balaban J connectivity index is 1.83. The van der Waals surface area contributed by atoms with E-state index in [0.29, 0.717) is 23.5 Å². The molecule has 3 aromatic rings. The van der Waals surface area contributed by atoms with Crippen molar-refractivity contribution in [3.63, 3.8) is 0 Å². The van der Waals surface area contributed by atoms with Gasteiger partial charge in [0, 0.05) is 24.2 Å². The number of carbonyl (C=O) groups excluding carboxylic acids is 1. The number of pyridine rings is 1. The van der Waals surface area contributed by atoms with Crippen molar-refractivity contribution in [1.82, 2.24) is 4.98 Å². The molecule has 1 aliphatic heterocycles. The lowest BCUT2D eigenvalue weighted by atomic mass is 9.99. The van der Waals surface area contributed by atoms with Gasteiger partial charge in [0.25, 0.3) is 5.91 Å². The number of fused-ring (bicyclic) bond motifs is 2. The van der Waals surface area contributed by atoms with Crippen molar-refractivity contribution in [1.29, 1.82) is 0 Å². The molecular weight excluding hydrogens is 357 g/mol. The fraction of sp³-hybridized carbons (Fsp3) is 0.273. The van der Waals surface area contributed by atoms with Gasteiger partial charge >= 0.3 is 0 Å². The zero-order valence-corrected chi connectivity index (χ0v) is 16.0. The number of benzene rings is 2. The minimum atomic E-state index is -0.493. The molecule has 1 atom stereocenters. The molecule has 0 saturated heterocycles. The number of H-pyrrole nitrogens is 1. The highest BCUT2D eigenvalue weighted by molar-refractivity contribution is 6.09. The fourth-order valence-electron chi connectivity index (χ4n) is 3.71. The number of nitrogens with zero attached hydrogens (tertiary/aromatic N) is 1. The van der Waals surface area contributed by atoms with Gasteiger partial charge in [0.1, 0.15) is 11.4 Å². The summed E-state index contributed by atoms with van der Waals surface area (Å²) in [6.45, 7) is 6.35. The average molecular weight is 379 g/mol. The van der Waals surface area contributed by atoms with Crippen LogP contribution >= 0.6 is 0 Å². The first kappa shape index (κ1) is 18.2. The molecule has 4 rings (SSSR count). The first-order chi connectivity index (χ1) is 13.4. The van der Waals surface area contributed by atoms with E-state index in [9.17, 15) is 14.0 Å². The lowest BCUT2D eigenvalue weighted by Crippen LogP contribution is -2.47. The Kier molecular flexibility index (Phi) is 4.41. The van der Waals surface area contributed by atoms with Crippen LogP contribution in [0.15, 0.2) is 47.4 Å². The number of anilines is 2. The first-order valence-corrected chi connectivity index (χ1v) is 9.36. The smallest absolute Gasteiger partial charge is 0.263 e. The second-order valence-electron chi connectivity index (χ2n) is 7.60. The summed E-state index contributed by atoms with van der Waals surface area (Å²) in [5.74, 6) is -0.576. The van der Waals surface area contributed by atoms with Crippen LogP contribution in [-0.4, -0.2) is 23.5 Å². The topological polar surface area (TPSA) is 65.2 Å². The van der Waals surface area contributed by atoms with Gasteiger partial charge in [-0.15, -0.1) is 0 Å². The number of para-hydroxylation sites is 2. The average Bonchev–Trinajstić information content (AvgIpc) is 2.67. The van der Waals surface area contributed by atoms with E-state index in [0.717, 1.165) is 11.4 Å². The number of aromatic amines is 1. The maximum Gasteiger partial charge on any atom is 0.263 e. The molecule has 0 saturated carbocycles. The van der Waals surface area contributed by atoms with E-state index in [1.54, 1.807) is 11.8 Å². The molecule has 0 fully saturated rings. The Morgan fingerprint density at radius 2 is 2.00 bits per heavy atom. The monoisotopic (exact) mass is 379 g/mol. The van der Waals surface area contributed by atoms with Crippen molar-refractivity contribution in [3.8, 4) is 0 Å². The molecule has 6 heteroatoms. The van der Waals surface area contributed by atoms with E-state index >= 15 is 0 Å². The van der Waals surface area contributed by atoms with Crippen LogP contribution in [0.1, 0.15) is 29.8 Å². The SMILES string of the molecule is Cc1cc(F)cc2c(=O)c(C(=O)N3C[C@@H](C(C)C)Nc4ccccc43)c[nH]c12. The van der Waals surface area contributed by atoms with Gasteiger partial charge < -0.3 is 15.2 Å². The lowest BCUT2D eigenvalue weighted by molar-refractivity contribution is 0.0982. The summed E-state index contributed by atoms with van der Waals surface area (Å²) in [5.41, 5.74) is 2.32. The molecule has 2 aromatic carbocycles. The summed E-state index contributed by atoms with van der Waals surface area (Å²) >= 11 is 0. The number of hydrogen-bond donors (Lipinski definition) is 2. The summed E-state index contributed by atoms with van der Waals surface area (Å²) in [4.78, 5) is 31.0. The second kappa shape index (κ2) is 6.78. The van der Waals surface area contributed by atoms with Crippen molar-refractivity contribution in [2.75, 3.05) is 16.8 Å². The van der Waals surface area contributed by atoms with Gasteiger partial charge in [0.2, 0.25) is 5.43 Å². The van der Waals surface area contributed by atoms with E-state index in [4.69, 9.17) is 0 Å². The molecule has 0 aliphatic carbocycles. The van der Waals surface area contributed by atoms with Gasteiger partial charge in [-0.3, -0.25) is 9.59 Å². The quantitative estimate of drug-likeness (QED) is 0.705. The maximum absolute atomic E-state index is 13.8. The van der Waals surface area contributed by atoms with Gasteiger partial charge in [0.15, 0.2) is 0 Å². The fourth-order valence-corrected chi connectivity index (χ4v) is 3.71. The molecule has 144 valence electrons. The van der Waals surface area contributed by atoms with E-state index in [1.165, 1.54) is 18.3 Å². The summed E-state index contributed by atoms with van der Waals surface area (Å²) < 4.78 is 13.8. The van der Waals surface area contributed by atoms with Gasteiger partial charge in [-0.1, -0.05) is 26.0 Å². The number of rotatable bonds is 2. The van der Waals surface area contributed by atoms with E-state index in [2.05, 4.69) is 24.1 Å². The predicted molar refractivity (Wildman–Crippen MR) is 110 cm³/mol. The predicted octanol–water partition coefficient (Wildman–Crippen LogP) is 4.07. The van der Waals surface area contributed by atoms with Crippen LogP contribution in [-0.2, 0) is 0 Å². The Labute approximate surface area is 162 Å². The Bertz CT molecular complexity index is 1140. The summed E-state index contributed by atoms with van der Waals surface area (Å²) in [5, 5.41) is 3.65. The molecule has 0 unspecified atom stereocenters. The minimum Gasteiger partial charge on any atom is -0.379 e. The molecule has 2 N–H and O–H groups in total. The molecule has 1 amide bonds. The third kappa shape index (κ3) is 2.95. The molecular formula is C22H22FN3O2. The first-order valence-electron chi connectivity index (χ1n) is 9.36. The van der Waals surface area contributed by atoms with Crippen molar-refractivity contribution in [2.24, 2.45) is 5.92 Å². The van der Waals surface area contributed by atoms with Crippen LogP contribution < -0.4 is 15.6 Å². The van der Waals surface area contributed by atoms with Crippen LogP contribution in [0, 0.1) is 18.7 Å². The summed E-state index contributed by atoms with van der Waals surface area (Å²) in [6.07, 6.45) is 1.44. The molecule has 28 heavy (non-hydrogen) atoms. The van der Waals surface area contributed by atoms with Gasteiger partial charge in [-0.05, 0) is 42.7 Å². The summed E-state index contributed by atoms with van der Waals surface area (Å²) in [7, 11) is 0. The Morgan fingerprint density at radius 3 is 2.75 bits per heavy atom. The van der Waals surface area contributed by atoms with Crippen molar-refractivity contribution in [2.45, 2.75) is 26.8 Å². The molecule has 5 nitrogen and oxygen atoms in total. The molecule has 0 bridgehead atoms. The number of amides is 1. The number of hydrogen-bond acceptors (Lipinski definition) is 3. The van der Waals surface area contributed by atoms with Crippen LogP contribution in [0.25, 0.3) is 10.9 Å².